The first-order valence-corrected chi connectivity index (χ1v) is 5.99. The highest BCUT2D eigenvalue weighted by Crippen LogP contribution is 2.13. The number of amides is 1. The van der Waals surface area contributed by atoms with Gasteiger partial charge in [-0.15, -0.1) is 0 Å². The maximum Gasteiger partial charge on any atom is 0.250 e. The Kier molecular flexibility index (Phi) is 5.42. The Morgan fingerprint density at radius 3 is 2.76 bits per heavy atom. The molecule has 1 aromatic carbocycles. The highest BCUT2D eigenvalue weighted by Gasteiger charge is 2.07. The lowest BCUT2D eigenvalue weighted by molar-refractivity contribution is 0.100. The van der Waals surface area contributed by atoms with Gasteiger partial charge in [0.1, 0.15) is 0 Å². The van der Waals surface area contributed by atoms with Crippen LogP contribution >= 0.6 is 12.2 Å². The van der Waals surface area contributed by atoms with Crippen LogP contribution in [0.2, 0.25) is 0 Å². The Morgan fingerprint density at radius 1 is 1.41 bits per heavy atom. The molecule has 0 aliphatic carbocycles. The molecule has 0 spiro atoms. The minimum absolute atomic E-state index is 0.437. The summed E-state index contributed by atoms with van der Waals surface area (Å²) in [4.78, 5) is 11.2. The number of hydrogen-bond acceptors (Lipinski definition) is 2. The topological polar surface area (TPSA) is 67.2 Å². The van der Waals surface area contributed by atoms with Crippen molar-refractivity contribution in [3.63, 3.8) is 0 Å². The van der Waals surface area contributed by atoms with Crippen LogP contribution < -0.4 is 16.4 Å². The molecule has 0 fully saturated rings. The second-order valence-electron chi connectivity index (χ2n) is 3.64. The molecular weight excluding hydrogens is 234 g/mol. The first kappa shape index (κ1) is 13.4. The number of benzene rings is 1. The van der Waals surface area contributed by atoms with Gasteiger partial charge in [0.05, 0.1) is 11.3 Å². The Labute approximate surface area is 107 Å². The fourth-order valence-corrected chi connectivity index (χ4v) is 1.56. The van der Waals surface area contributed by atoms with Gasteiger partial charge < -0.3 is 16.4 Å². The highest BCUT2D eigenvalue weighted by atomic mass is 32.1. The molecular formula is C12H17N3OS. The maximum absolute atomic E-state index is 11.2. The molecule has 1 aromatic rings. The summed E-state index contributed by atoms with van der Waals surface area (Å²) in [6.07, 6.45) is 2.16. The predicted octanol–water partition coefficient (Wildman–Crippen LogP) is 1.87. The van der Waals surface area contributed by atoms with E-state index in [2.05, 4.69) is 17.6 Å². The van der Waals surface area contributed by atoms with Crippen molar-refractivity contribution >= 4 is 28.9 Å². The van der Waals surface area contributed by atoms with Gasteiger partial charge in [0.15, 0.2) is 5.11 Å². The van der Waals surface area contributed by atoms with Gasteiger partial charge in [0.2, 0.25) is 0 Å². The number of primary amides is 1. The molecule has 0 aromatic heterocycles. The minimum atomic E-state index is -0.468. The zero-order chi connectivity index (χ0) is 12.7. The van der Waals surface area contributed by atoms with Crippen molar-refractivity contribution in [3.8, 4) is 0 Å². The maximum atomic E-state index is 11.2. The van der Waals surface area contributed by atoms with Crippen LogP contribution in [0.1, 0.15) is 30.1 Å². The van der Waals surface area contributed by atoms with Crippen LogP contribution in [-0.2, 0) is 0 Å². The molecule has 0 bridgehead atoms. The SMILES string of the molecule is CCCCNC(=S)Nc1ccccc1C(N)=O. The van der Waals surface area contributed by atoms with E-state index in [0.29, 0.717) is 16.4 Å². The number of unbranched alkanes of at least 4 members (excludes halogenated alkanes) is 1. The van der Waals surface area contributed by atoms with Gasteiger partial charge in [0, 0.05) is 6.54 Å². The number of anilines is 1. The molecule has 5 heteroatoms. The number of rotatable bonds is 5. The third-order valence-corrected chi connectivity index (χ3v) is 2.50. The van der Waals surface area contributed by atoms with E-state index in [9.17, 15) is 4.79 Å². The summed E-state index contributed by atoms with van der Waals surface area (Å²) in [6, 6.07) is 7.02. The number of thiocarbonyl (C=S) groups is 1. The average molecular weight is 251 g/mol. The number of nitrogens with two attached hydrogens (primary N) is 1. The molecule has 0 saturated carbocycles. The first-order valence-electron chi connectivity index (χ1n) is 5.58. The lowest BCUT2D eigenvalue weighted by Crippen LogP contribution is -2.30. The number of para-hydroxylation sites is 1. The van der Waals surface area contributed by atoms with Crippen molar-refractivity contribution in [3.05, 3.63) is 29.8 Å². The van der Waals surface area contributed by atoms with Gasteiger partial charge >= 0.3 is 0 Å². The van der Waals surface area contributed by atoms with E-state index >= 15 is 0 Å². The van der Waals surface area contributed by atoms with Gasteiger partial charge in [-0.05, 0) is 30.8 Å². The van der Waals surface area contributed by atoms with Crippen molar-refractivity contribution in [1.82, 2.24) is 5.32 Å². The third-order valence-electron chi connectivity index (χ3n) is 2.26. The van der Waals surface area contributed by atoms with Gasteiger partial charge in [-0.3, -0.25) is 4.79 Å². The molecule has 0 aliphatic heterocycles. The number of hydrogen-bond donors (Lipinski definition) is 3. The van der Waals surface area contributed by atoms with Crippen molar-refractivity contribution in [1.29, 1.82) is 0 Å². The molecule has 0 radical (unpaired) electrons. The molecule has 0 atom stereocenters. The predicted molar refractivity (Wildman–Crippen MR) is 74.1 cm³/mol. The van der Waals surface area contributed by atoms with Gasteiger partial charge in [-0.25, -0.2) is 0 Å². The molecule has 1 amide bonds. The van der Waals surface area contributed by atoms with E-state index in [0.717, 1.165) is 19.4 Å². The van der Waals surface area contributed by atoms with Gasteiger partial charge in [-0.2, -0.15) is 0 Å². The van der Waals surface area contributed by atoms with Gasteiger partial charge in [0.25, 0.3) is 5.91 Å². The molecule has 0 saturated heterocycles. The molecule has 92 valence electrons. The quantitative estimate of drug-likeness (QED) is 0.552. The van der Waals surface area contributed by atoms with E-state index in [-0.39, 0.29) is 0 Å². The van der Waals surface area contributed by atoms with E-state index in [1.807, 2.05) is 6.07 Å². The van der Waals surface area contributed by atoms with E-state index in [1.54, 1.807) is 18.2 Å². The Morgan fingerprint density at radius 2 is 2.12 bits per heavy atom. The van der Waals surface area contributed by atoms with E-state index in [1.165, 1.54) is 0 Å². The fourth-order valence-electron chi connectivity index (χ4n) is 1.35. The van der Waals surface area contributed by atoms with Crippen molar-refractivity contribution in [2.45, 2.75) is 19.8 Å². The second-order valence-corrected chi connectivity index (χ2v) is 4.05. The number of nitrogens with one attached hydrogen (secondary N) is 2. The fraction of sp³-hybridized carbons (Fsp3) is 0.333. The Bertz CT molecular complexity index is 406. The number of carbonyl (C=O) groups excluding carboxylic acids is 1. The lowest BCUT2D eigenvalue weighted by atomic mass is 10.1. The molecule has 0 heterocycles. The summed E-state index contributed by atoms with van der Waals surface area (Å²) in [6.45, 7) is 2.93. The molecule has 0 aliphatic rings. The largest absolute Gasteiger partial charge is 0.366 e. The zero-order valence-corrected chi connectivity index (χ0v) is 10.6. The molecule has 0 unspecified atom stereocenters. The van der Waals surface area contributed by atoms with Crippen LogP contribution in [0.25, 0.3) is 0 Å². The summed E-state index contributed by atoms with van der Waals surface area (Å²) < 4.78 is 0. The molecule has 4 nitrogen and oxygen atoms in total. The molecule has 1 rings (SSSR count). The molecule has 4 N–H and O–H groups in total. The van der Waals surface area contributed by atoms with E-state index in [4.69, 9.17) is 18.0 Å². The summed E-state index contributed by atoms with van der Waals surface area (Å²) >= 11 is 5.12. The average Bonchev–Trinajstić information content (AvgIpc) is 2.29. The van der Waals surface area contributed by atoms with Crippen molar-refractivity contribution in [2.75, 3.05) is 11.9 Å². The monoisotopic (exact) mass is 251 g/mol. The Hall–Kier alpha value is -1.62. The highest BCUT2D eigenvalue weighted by molar-refractivity contribution is 7.80. The zero-order valence-electron chi connectivity index (χ0n) is 9.82. The van der Waals surface area contributed by atoms with Crippen molar-refractivity contribution in [2.24, 2.45) is 5.73 Å². The smallest absolute Gasteiger partial charge is 0.250 e. The summed E-state index contributed by atoms with van der Waals surface area (Å²) in [5.41, 5.74) is 6.34. The first-order chi connectivity index (χ1) is 8.15. The third kappa shape index (κ3) is 4.40. The van der Waals surface area contributed by atoms with Crippen LogP contribution in [0.3, 0.4) is 0 Å². The Balaban J connectivity index is 2.61. The van der Waals surface area contributed by atoms with Crippen LogP contribution in [-0.4, -0.2) is 17.6 Å². The van der Waals surface area contributed by atoms with Crippen LogP contribution in [0.15, 0.2) is 24.3 Å². The van der Waals surface area contributed by atoms with Crippen LogP contribution in [0, 0.1) is 0 Å². The van der Waals surface area contributed by atoms with Crippen LogP contribution in [0.4, 0.5) is 5.69 Å². The minimum Gasteiger partial charge on any atom is -0.366 e. The summed E-state index contributed by atoms with van der Waals surface area (Å²) in [5.74, 6) is -0.468. The normalized spacial score (nSPS) is 9.71. The summed E-state index contributed by atoms with van der Waals surface area (Å²) in [5, 5.41) is 6.54. The second kappa shape index (κ2) is 6.85. The van der Waals surface area contributed by atoms with Gasteiger partial charge in [-0.1, -0.05) is 25.5 Å². The van der Waals surface area contributed by atoms with E-state index < -0.39 is 5.91 Å². The summed E-state index contributed by atoms with van der Waals surface area (Å²) in [7, 11) is 0. The van der Waals surface area contributed by atoms with Crippen molar-refractivity contribution < 1.29 is 4.79 Å². The van der Waals surface area contributed by atoms with Crippen LogP contribution in [0.5, 0.6) is 0 Å². The standard InChI is InChI=1S/C12H17N3OS/c1-2-3-8-14-12(17)15-10-7-5-4-6-9(10)11(13)16/h4-7H,2-3,8H2,1H3,(H2,13,16)(H2,14,15,17). The molecule has 17 heavy (non-hydrogen) atoms. The number of carbonyl (C=O) groups is 1. The lowest BCUT2D eigenvalue weighted by Gasteiger charge is -2.12.